The molecule has 1 amide bonds. The standard InChI is InChI=1S/C21H20N4O2S/c1-13-18(10-11-27-13)19-23-24-21(25(19)3)28-14(2)20(26)22-17-9-8-15-6-4-5-7-16(15)12-17/h4-12,14H,1-3H3,(H,22,26). The summed E-state index contributed by atoms with van der Waals surface area (Å²) in [7, 11) is 1.89. The quantitative estimate of drug-likeness (QED) is 0.500. The monoisotopic (exact) mass is 392 g/mol. The van der Waals surface area contributed by atoms with Gasteiger partial charge in [0.25, 0.3) is 0 Å². The third kappa shape index (κ3) is 3.53. The van der Waals surface area contributed by atoms with E-state index in [1.54, 1.807) is 6.26 Å². The van der Waals surface area contributed by atoms with Crippen molar-refractivity contribution in [3.05, 3.63) is 60.6 Å². The normalized spacial score (nSPS) is 12.2. The number of nitrogens with zero attached hydrogens (tertiary/aromatic N) is 3. The smallest absolute Gasteiger partial charge is 0.237 e. The number of carbonyl (C=O) groups is 1. The molecule has 2 heterocycles. The molecule has 4 aromatic rings. The van der Waals surface area contributed by atoms with E-state index >= 15 is 0 Å². The molecule has 1 unspecified atom stereocenters. The van der Waals surface area contributed by atoms with Gasteiger partial charge in [0.05, 0.1) is 17.1 Å². The zero-order valence-corrected chi connectivity index (χ0v) is 16.7. The van der Waals surface area contributed by atoms with Crippen molar-refractivity contribution in [1.82, 2.24) is 14.8 Å². The average molecular weight is 392 g/mol. The Labute approximate surface area is 167 Å². The summed E-state index contributed by atoms with van der Waals surface area (Å²) in [5.74, 6) is 1.43. The molecular weight excluding hydrogens is 372 g/mol. The molecular formula is C21H20N4O2S. The molecule has 0 fully saturated rings. The number of anilines is 1. The van der Waals surface area contributed by atoms with Gasteiger partial charge in [-0.3, -0.25) is 4.79 Å². The first kappa shape index (κ1) is 18.3. The number of furan rings is 1. The zero-order chi connectivity index (χ0) is 19.7. The number of fused-ring (bicyclic) bond motifs is 1. The van der Waals surface area contributed by atoms with E-state index in [2.05, 4.69) is 15.5 Å². The van der Waals surface area contributed by atoms with Crippen LogP contribution in [0.15, 0.2) is 64.4 Å². The summed E-state index contributed by atoms with van der Waals surface area (Å²) in [5, 5.41) is 14.1. The minimum atomic E-state index is -0.326. The van der Waals surface area contributed by atoms with Gasteiger partial charge in [0.1, 0.15) is 5.76 Å². The number of hydrogen-bond acceptors (Lipinski definition) is 5. The van der Waals surface area contributed by atoms with E-state index in [1.807, 2.05) is 74.0 Å². The van der Waals surface area contributed by atoms with Gasteiger partial charge in [0, 0.05) is 12.7 Å². The van der Waals surface area contributed by atoms with Gasteiger partial charge in [-0.15, -0.1) is 10.2 Å². The first-order valence-electron chi connectivity index (χ1n) is 8.93. The molecule has 2 aromatic carbocycles. The number of carbonyl (C=O) groups excluding carboxylic acids is 1. The van der Waals surface area contributed by atoms with Crippen molar-refractivity contribution in [2.24, 2.45) is 7.05 Å². The molecule has 0 radical (unpaired) electrons. The van der Waals surface area contributed by atoms with Gasteiger partial charge >= 0.3 is 0 Å². The summed E-state index contributed by atoms with van der Waals surface area (Å²) in [5.41, 5.74) is 1.68. The van der Waals surface area contributed by atoms with E-state index in [1.165, 1.54) is 11.8 Å². The largest absolute Gasteiger partial charge is 0.469 e. The van der Waals surface area contributed by atoms with Crippen LogP contribution in [0.2, 0.25) is 0 Å². The summed E-state index contributed by atoms with van der Waals surface area (Å²) in [6.07, 6.45) is 1.63. The highest BCUT2D eigenvalue weighted by atomic mass is 32.2. The lowest BCUT2D eigenvalue weighted by atomic mass is 10.1. The van der Waals surface area contributed by atoms with Crippen LogP contribution in [0, 0.1) is 6.92 Å². The average Bonchev–Trinajstić information content (AvgIpc) is 3.27. The number of hydrogen-bond donors (Lipinski definition) is 1. The Kier molecular flexibility index (Phi) is 4.92. The van der Waals surface area contributed by atoms with Gasteiger partial charge in [0.15, 0.2) is 11.0 Å². The maximum Gasteiger partial charge on any atom is 0.237 e. The lowest BCUT2D eigenvalue weighted by Gasteiger charge is -2.12. The topological polar surface area (TPSA) is 72.9 Å². The van der Waals surface area contributed by atoms with Crippen LogP contribution in [0.3, 0.4) is 0 Å². The van der Waals surface area contributed by atoms with E-state index in [0.717, 1.165) is 33.6 Å². The molecule has 2 aromatic heterocycles. The third-order valence-corrected chi connectivity index (χ3v) is 5.74. The maximum absolute atomic E-state index is 12.6. The van der Waals surface area contributed by atoms with Crippen LogP contribution < -0.4 is 5.32 Å². The van der Waals surface area contributed by atoms with Gasteiger partial charge in [-0.1, -0.05) is 42.1 Å². The van der Waals surface area contributed by atoms with Gasteiger partial charge in [-0.05, 0) is 42.8 Å². The SMILES string of the molecule is Cc1occc1-c1nnc(SC(C)C(=O)Nc2ccc3ccccc3c2)n1C. The molecule has 1 N–H and O–H groups in total. The summed E-state index contributed by atoms with van der Waals surface area (Å²) in [4.78, 5) is 12.6. The Morgan fingerprint density at radius 3 is 2.68 bits per heavy atom. The van der Waals surface area contributed by atoms with Crippen LogP contribution in [-0.2, 0) is 11.8 Å². The summed E-state index contributed by atoms with van der Waals surface area (Å²) >= 11 is 1.37. The van der Waals surface area contributed by atoms with E-state index in [-0.39, 0.29) is 11.2 Å². The number of aromatic nitrogens is 3. The van der Waals surface area contributed by atoms with Gasteiger partial charge < -0.3 is 14.3 Å². The highest BCUT2D eigenvalue weighted by molar-refractivity contribution is 8.00. The van der Waals surface area contributed by atoms with Crippen molar-refractivity contribution < 1.29 is 9.21 Å². The number of benzene rings is 2. The molecule has 0 spiro atoms. The second kappa shape index (κ2) is 7.52. The first-order chi connectivity index (χ1) is 13.5. The second-order valence-corrected chi connectivity index (χ2v) is 7.87. The van der Waals surface area contributed by atoms with Crippen LogP contribution in [0.5, 0.6) is 0 Å². The number of thioether (sulfide) groups is 1. The molecule has 0 saturated heterocycles. The Hall–Kier alpha value is -3.06. The van der Waals surface area contributed by atoms with E-state index in [4.69, 9.17) is 4.42 Å². The van der Waals surface area contributed by atoms with E-state index in [9.17, 15) is 4.79 Å². The predicted molar refractivity (Wildman–Crippen MR) is 111 cm³/mol. The van der Waals surface area contributed by atoms with Crippen LogP contribution in [-0.4, -0.2) is 25.9 Å². The minimum Gasteiger partial charge on any atom is -0.469 e. The lowest BCUT2D eigenvalue weighted by molar-refractivity contribution is -0.115. The fourth-order valence-corrected chi connectivity index (χ4v) is 3.81. The third-order valence-electron chi connectivity index (χ3n) is 4.60. The molecule has 0 aliphatic heterocycles. The number of amides is 1. The number of nitrogens with one attached hydrogen (secondary N) is 1. The van der Waals surface area contributed by atoms with Crippen molar-refractivity contribution in [3.8, 4) is 11.4 Å². The molecule has 1 atom stereocenters. The zero-order valence-electron chi connectivity index (χ0n) is 15.8. The van der Waals surface area contributed by atoms with Crippen LogP contribution in [0.4, 0.5) is 5.69 Å². The first-order valence-corrected chi connectivity index (χ1v) is 9.81. The maximum atomic E-state index is 12.6. The van der Waals surface area contributed by atoms with Crippen molar-refractivity contribution in [3.63, 3.8) is 0 Å². The summed E-state index contributed by atoms with van der Waals surface area (Å²) in [6, 6.07) is 15.8. The molecule has 6 nitrogen and oxygen atoms in total. The fourth-order valence-electron chi connectivity index (χ4n) is 2.99. The highest BCUT2D eigenvalue weighted by Gasteiger charge is 2.20. The molecule has 0 aliphatic rings. The fraction of sp³-hybridized carbons (Fsp3) is 0.190. The van der Waals surface area contributed by atoms with E-state index < -0.39 is 0 Å². The Balaban J connectivity index is 1.47. The Morgan fingerprint density at radius 2 is 1.93 bits per heavy atom. The van der Waals surface area contributed by atoms with Crippen molar-refractivity contribution in [2.45, 2.75) is 24.3 Å². The van der Waals surface area contributed by atoms with Gasteiger partial charge in [0.2, 0.25) is 5.91 Å². The van der Waals surface area contributed by atoms with Crippen LogP contribution >= 0.6 is 11.8 Å². The summed E-state index contributed by atoms with van der Waals surface area (Å²) in [6.45, 7) is 3.75. The molecule has 0 aliphatic carbocycles. The second-order valence-electron chi connectivity index (χ2n) is 6.57. The van der Waals surface area contributed by atoms with E-state index in [0.29, 0.717) is 5.16 Å². The molecule has 4 rings (SSSR count). The minimum absolute atomic E-state index is 0.0793. The molecule has 28 heavy (non-hydrogen) atoms. The Bertz CT molecular complexity index is 1150. The van der Waals surface area contributed by atoms with Crippen LogP contribution in [0.1, 0.15) is 12.7 Å². The highest BCUT2D eigenvalue weighted by Crippen LogP contribution is 2.28. The summed E-state index contributed by atoms with van der Waals surface area (Å²) < 4.78 is 7.22. The lowest BCUT2D eigenvalue weighted by Crippen LogP contribution is -2.22. The Morgan fingerprint density at radius 1 is 1.14 bits per heavy atom. The van der Waals surface area contributed by atoms with Crippen molar-refractivity contribution in [2.75, 3.05) is 5.32 Å². The van der Waals surface area contributed by atoms with Crippen molar-refractivity contribution in [1.29, 1.82) is 0 Å². The van der Waals surface area contributed by atoms with Crippen LogP contribution in [0.25, 0.3) is 22.2 Å². The molecule has 142 valence electrons. The van der Waals surface area contributed by atoms with Gasteiger partial charge in [-0.25, -0.2) is 0 Å². The predicted octanol–water partition coefficient (Wildman–Crippen LogP) is 4.66. The molecule has 0 bridgehead atoms. The molecule has 0 saturated carbocycles. The molecule has 7 heteroatoms. The number of rotatable bonds is 5. The number of aryl methyl sites for hydroxylation is 1. The van der Waals surface area contributed by atoms with Gasteiger partial charge in [-0.2, -0.15) is 0 Å². The van der Waals surface area contributed by atoms with Crippen molar-refractivity contribution >= 4 is 34.1 Å².